The maximum atomic E-state index is 12.6. The third-order valence-electron chi connectivity index (χ3n) is 3.76. The van der Waals surface area contributed by atoms with Crippen molar-refractivity contribution >= 4 is 28.4 Å². The van der Waals surface area contributed by atoms with Gasteiger partial charge in [-0.25, -0.2) is 4.98 Å². The van der Waals surface area contributed by atoms with Crippen LogP contribution in [0.15, 0.2) is 29.3 Å². The lowest BCUT2D eigenvalue weighted by molar-refractivity contribution is -0.132. The number of carbonyl (C=O) groups is 1. The van der Waals surface area contributed by atoms with E-state index in [4.69, 9.17) is 11.6 Å². The van der Waals surface area contributed by atoms with Crippen molar-refractivity contribution in [2.75, 3.05) is 13.6 Å². The van der Waals surface area contributed by atoms with Gasteiger partial charge in [0.25, 0.3) is 5.56 Å². The van der Waals surface area contributed by atoms with Gasteiger partial charge in [0.2, 0.25) is 5.91 Å². The Bertz CT molecular complexity index is 741. The van der Waals surface area contributed by atoms with Gasteiger partial charge in [0.1, 0.15) is 0 Å². The highest BCUT2D eigenvalue weighted by molar-refractivity contribution is 6.35. The number of benzene rings is 1. The van der Waals surface area contributed by atoms with Gasteiger partial charge < -0.3 is 4.90 Å². The SMILES string of the molecule is CN1C[C@H](n2cnc3cccc(Cl)c3c2=O)CCC1=O. The summed E-state index contributed by atoms with van der Waals surface area (Å²) in [5.74, 6) is 0.112. The highest BCUT2D eigenvalue weighted by Crippen LogP contribution is 2.22. The molecule has 1 aliphatic rings. The fourth-order valence-electron chi connectivity index (χ4n) is 2.62. The maximum Gasteiger partial charge on any atom is 0.263 e. The quantitative estimate of drug-likeness (QED) is 0.805. The molecule has 104 valence electrons. The normalized spacial score (nSPS) is 19.6. The fraction of sp³-hybridized carbons (Fsp3) is 0.357. The number of rotatable bonds is 1. The number of piperidine rings is 1. The second-order valence-electron chi connectivity index (χ2n) is 5.06. The van der Waals surface area contributed by atoms with Crippen molar-refractivity contribution in [3.63, 3.8) is 0 Å². The van der Waals surface area contributed by atoms with Crippen molar-refractivity contribution in [3.05, 3.63) is 39.9 Å². The van der Waals surface area contributed by atoms with Crippen LogP contribution in [0.4, 0.5) is 0 Å². The van der Waals surface area contributed by atoms with Crippen molar-refractivity contribution in [1.82, 2.24) is 14.5 Å². The van der Waals surface area contributed by atoms with Crippen LogP contribution in [0.3, 0.4) is 0 Å². The molecule has 0 aliphatic carbocycles. The van der Waals surface area contributed by atoms with Crippen LogP contribution in [0.1, 0.15) is 18.9 Å². The van der Waals surface area contributed by atoms with E-state index in [1.165, 1.54) is 0 Å². The highest BCUT2D eigenvalue weighted by atomic mass is 35.5. The Labute approximate surface area is 120 Å². The molecule has 0 radical (unpaired) electrons. The van der Waals surface area contributed by atoms with Gasteiger partial charge in [0.05, 0.1) is 28.3 Å². The average molecular weight is 292 g/mol. The molecule has 1 aromatic heterocycles. The van der Waals surface area contributed by atoms with E-state index < -0.39 is 0 Å². The Kier molecular flexibility index (Phi) is 3.22. The maximum absolute atomic E-state index is 12.6. The molecule has 0 unspecified atom stereocenters. The van der Waals surface area contributed by atoms with Crippen molar-refractivity contribution < 1.29 is 4.79 Å². The predicted octanol–water partition coefficient (Wildman–Crippen LogP) is 1.84. The number of hydrogen-bond donors (Lipinski definition) is 0. The molecular weight excluding hydrogens is 278 g/mol. The van der Waals surface area contributed by atoms with Crippen molar-refractivity contribution in [1.29, 1.82) is 0 Å². The minimum atomic E-state index is -0.145. The lowest BCUT2D eigenvalue weighted by Crippen LogP contribution is -2.40. The van der Waals surface area contributed by atoms with Crippen LogP contribution in [-0.2, 0) is 4.79 Å². The first-order valence-corrected chi connectivity index (χ1v) is 6.85. The second kappa shape index (κ2) is 4.90. The van der Waals surface area contributed by atoms with E-state index in [-0.39, 0.29) is 17.5 Å². The number of aromatic nitrogens is 2. The Hall–Kier alpha value is -1.88. The fourth-order valence-corrected chi connectivity index (χ4v) is 2.87. The van der Waals surface area contributed by atoms with Gasteiger partial charge in [-0.15, -0.1) is 0 Å². The van der Waals surface area contributed by atoms with E-state index in [0.717, 1.165) is 0 Å². The number of carbonyl (C=O) groups excluding carboxylic acids is 1. The highest BCUT2D eigenvalue weighted by Gasteiger charge is 2.25. The molecule has 5 nitrogen and oxygen atoms in total. The summed E-state index contributed by atoms with van der Waals surface area (Å²) in [5.41, 5.74) is 0.451. The minimum Gasteiger partial charge on any atom is -0.344 e. The van der Waals surface area contributed by atoms with Gasteiger partial charge in [-0.1, -0.05) is 17.7 Å². The van der Waals surface area contributed by atoms with Crippen LogP contribution < -0.4 is 5.56 Å². The summed E-state index contributed by atoms with van der Waals surface area (Å²) in [6.45, 7) is 0.524. The van der Waals surface area contributed by atoms with Crippen LogP contribution in [0.25, 0.3) is 10.9 Å². The first kappa shape index (κ1) is 13.1. The second-order valence-corrected chi connectivity index (χ2v) is 5.46. The monoisotopic (exact) mass is 291 g/mol. The summed E-state index contributed by atoms with van der Waals surface area (Å²) in [7, 11) is 1.75. The summed E-state index contributed by atoms with van der Waals surface area (Å²) in [4.78, 5) is 30.0. The van der Waals surface area contributed by atoms with Gasteiger partial charge >= 0.3 is 0 Å². The van der Waals surface area contributed by atoms with E-state index in [1.54, 1.807) is 41.0 Å². The Morgan fingerprint density at radius 1 is 1.35 bits per heavy atom. The predicted molar refractivity (Wildman–Crippen MR) is 76.9 cm³/mol. The molecule has 2 aromatic rings. The van der Waals surface area contributed by atoms with Crippen molar-refractivity contribution in [2.24, 2.45) is 0 Å². The first-order chi connectivity index (χ1) is 9.58. The summed E-state index contributed by atoms with van der Waals surface area (Å²) in [6, 6.07) is 5.18. The van der Waals surface area contributed by atoms with E-state index in [2.05, 4.69) is 4.98 Å². The third kappa shape index (κ3) is 2.08. The number of likely N-dealkylation sites (N-methyl/N-ethyl adjacent to an activating group) is 1. The number of hydrogen-bond acceptors (Lipinski definition) is 3. The minimum absolute atomic E-state index is 0.0432. The van der Waals surface area contributed by atoms with E-state index in [9.17, 15) is 9.59 Å². The zero-order chi connectivity index (χ0) is 14.3. The third-order valence-corrected chi connectivity index (χ3v) is 4.07. The first-order valence-electron chi connectivity index (χ1n) is 6.47. The van der Waals surface area contributed by atoms with Crippen LogP contribution in [0.5, 0.6) is 0 Å². The smallest absolute Gasteiger partial charge is 0.263 e. The van der Waals surface area contributed by atoms with Crippen molar-refractivity contribution in [3.8, 4) is 0 Å². The van der Waals surface area contributed by atoms with E-state index in [1.807, 2.05) is 0 Å². The van der Waals surface area contributed by atoms with E-state index >= 15 is 0 Å². The number of amides is 1. The summed E-state index contributed by atoms with van der Waals surface area (Å²) >= 11 is 6.11. The van der Waals surface area contributed by atoms with Crippen LogP contribution in [-0.4, -0.2) is 34.0 Å². The zero-order valence-corrected chi connectivity index (χ0v) is 11.8. The lowest BCUT2D eigenvalue weighted by atomic mass is 10.1. The number of likely N-dealkylation sites (tertiary alicyclic amines) is 1. The molecule has 1 atom stereocenters. The Morgan fingerprint density at radius 3 is 2.90 bits per heavy atom. The lowest BCUT2D eigenvalue weighted by Gasteiger charge is -2.30. The molecule has 2 heterocycles. The van der Waals surface area contributed by atoms with Gasteiger partial charge in [0, 0.05) is 20.0 Å². The molecule has 6 heteroatoms. The van der Waals surface area contributed by atoms with Gasteiger partial charge in [-0.2, -0.15) is 0 Å². The molecule has 3 rings (SSSR count). The Morgan fingerprint density at radius 2 is 2.15 bits per heavy atom. The van der Waals surface area contributed by atoms with Gasteiger partial charge in [0.15, 0.2) is 0 Å². The molecule has 1 aromatic carbocycles. The summed E-state index contributed by atoms with van der Waals surface area (Å²) in [6.07, 6.45) is 2.66. The molecule has 1 amide bonds. The largest absolute Gasteiger partial charge is 0.344 e. The van der Waals surface area contributed by atoms with Crippen LogP contribution in [0, 0.1) is 0 Å². The van der Waals surface area contributed by atoms with Crippen LogP contribution in [0.2, 0.25) is 5.02 Å². The molecule has 0 N–H and O–H groups in total. The zero-order valence-electron chi connectivity index (χ0n) is 11.0. The standard InChI is InChI=1S/C14H14ClN3O2/c1-17-7-9(5-6-12(17)19)18-8-16-11-4-2-3-10(15)13(11)14(18)20/h2-4,8-9H,5-7H2,1H3/t9-/m1/s1. The molecule has 1 saturated heterocycles. The molecule has 20 heavy (non-hydrogen) atoms. The number of fused-ring (bicyclic) bond motifs is 1. The van der Waals surface area contributed by atoms with Gasteiger partial charge in [-0.3, -0.25) is 14.2 Å². The molecular formula is C14H14ClN3O2. The summed E-state index contributed by atoms with van der Waals surface area (Å²) in [5, 5.41) is 0.853. The Balaban J connectivity index is 2.09. The van der Waals surface area contributed by atoms with Crippen molar-refractivity contribution in [2.45, 2.75) is 18.9 Å². The topological polar surface area (TPSA) is 55.2 Å². The molecule has 0 saturated carbocycles. The average Bonchev–Trinajstić information content (AvgIpc) is 2.42. The van der Waals surface area contributed by atoms with Crippen LogP contribution >= 0.6 is 11.6 Å². The molecule has 1 aliphatic heterocycles. The summed E-state index contributed by atoms with van der Waals surface area (Å²) < 4.78 is 1.59. The van der Waals surface area contributed by atoms with Gasteiger partial charge in [-0.05, 0) is 18.6 Å². The molecule has 0 bridgehead atoms. The number of nitrogens with zero attached hydrogens (tertiary/aromatic N) is 3. The number of halogens is 1. The molecule has 1 fully saturated rings. The molecule has 0 spiro atoms. The van der Waals surface area contributed by atoms with E-state index in [0.29, 0.717) is 35.3 Å².